The first kappa shape index (κ1) is 14.5. The molecule has 1 aromatic heterocycles. The maximum Gasteiger partial charge on any atom is 0.337 e. The van der Waals surface area contributed by atoms with Crippen LogP contribution in [0.1, 0.15) is 45.8 Å². The monoisotopic (exact) mass is 278 g/mol. The van der Waals surface area contributed by atoms with Crippen LogP contribution in [0.2, 0.25) is 0 Å². The molecule has 20 heavy (non-hydrogen) atoms. The van der Waals surface area contributed by atoms with Crippen LogP contribution in [0.5, 0.6) is 0 Å². The second kappa shape index (κ2) is 6.00. The Kier molecular flexibility index (Phi) is 4.34. The minimum absolute atomic E-state index is 0.0889. The quantitative estimate of drug-likeness (QED) is 0.841. The first-order valence-electron chi connectivity index (χ1n) is 6.67. The van der Waals surface area contributed by atoms with Crippen LogP contribution in [0.4, 0.5) is 0 Å². The van der Waals surface area contributed by atoms with Gasteiger partial charge in [0.25, 0.3) is 5.91 Å². The van der Waals surface area contributed by atoms with E-state index in [4.69, 9.17) is 10.2 Å². The molecular weight excluding hydrogens is 260 g/mol. The molecule has 0 aromatic carbocycles. The molecule has 6 heteroatoms. The van der Waals surface area contributed by atoms with Gasteiger partial charge in [-0.25, -0.2) is 9.78 Å². The van der Waals surface area contributed by atoms with Gasteiger partial charge in [0.1, 0.15) is 5.69 Å². The number of carboxylic acids is 1. The number of hydrogen-bond acceptors (Lipinski definition) is 4. The van der Waals surface area contributed by atoms with Crippen LogP contribution in [-0.2, 0) is 0 Å². The van der Waals surface area contributed by atoms with Gasteiger partial charge in [0.15, 0.2) is 0 Å². The van der Waals surface area contributed by atoms with E-state index in [-0.39, 0.29) is 36.4 Å². The number of rotatable bonds is 5. The number of hydrogen-bond donors (Lipinski definition) is 2. The van der Waals surface area contributed by atoms with Crippen molar-refractivity contribution in [3.8, 4) is 0 Å². The molecule has 0 atom stereocenters. The number of pyridine rings is 1. The van der Waals surface area contributed by atoms with Crippen LogP contribution >= 0.6 is 0 Å². The Morgan fingerprint density at radius 3 is 2.55 bits per heavy atom. The largest absolute Gasteiger partial charge is 0.478 e. The zero-order valence-electron chi connectivity index (χ0n) is 11.4. The van der Waals surface area contributed by atoms with Gasteiger partial charge in [0.2, 0.25) is 0 Å². The molecule has 108 valence electrons. The summed E-state index contributed by atoms with van der Waals surface area (Å²) in [5.74, 6) is -1.30. The molecule has 2 N–H and O–H groups in total. The molecule has 0 bridgehead atoms. The second-order valence-corrected chi connectivity index (χ2v) is 4.94. The van der Waals surface area contributed by atoms with Crippen molar-refractivity contribution in [2.45, 2.75) is 32.2 Å². The SMILES string of the molecule is Cc1nc(C(=O)N(CCO)C2CCC2)ccc1C(=O)O. The number of aromatic carboxylic acids is 1. The molecule has 1 aromatic rings. The standard InChI is InChI=1S/C14H18N2O4/c1-9-11(14(19)20)5-6-12(15-9)13(18)16(7-8-17)10-3-2-4-10/h5-6,10,17H,2-4,7-8H2,1H3,(H,19,20). The summed E-state index contributed by atoms with van der Waals surface area (Å²) in [6.07, 6.45) is 2.97. The summed E-state index contributed by atoms with van der Waals surface area (Å²) in [7, 11) is 0. The van der Waals surface area contributed by atoms with Gasteiger partial charge in [-0.3, -0.25) is 4.79 Å². The van der Waals surface area contributed by atoms with Crippen molar-refractivity contribution >= 4 is 11.9 Å². The molecule has 6 nitrogen and oxygen atoms in total. The van der Waals surface area contributed by atoms with Gasteiger partial charge in [-0.15, -0.1) is 0 Å². The highest BCUT2D eigenvalue weighted by atomic mass is 16.4. The lowest BCUT2D eigenvalue weighted by Crippen LogP contribution is -2.46. The fourth-order valence-electron chi connectivity index (χ4n) is 2.31. The smallest absolute Gasteiger partial charge is 0.337 e. The van der Waals surface area contributed by atoms with E-state index >= 15 is 0 Å². The lowest BCUT2D eigenvalue weighted by molar-refractivity contribution is 0.0518. The Morgan fingerprint density at radius 2 is 2.10 bits per heavy atom. The molecule has 1 saturated carbocycles. The fraction of sp³-hybridized carbons (Fsp3) is 0.500. The summed E-state index contributed by atoms with van der Waals surface area (Å²) in [6, 6.07) is 2.99. The average Bonchev–Trinajstić information content (AvgIpc) is 2.34. The molecule has 0 spiro atoms. The molecule has 1 aliphatic carbocycles. The molecule has 1 fully saturated rings. The highest BCUT2D eigenvalue weighted by Crippen LogP contribution is 2.25. The van der Waals surface area contributed by atoms with Crippen molar-refractivity contribution in [1.29, 1.82) is 0 Å². The number of aliphatic hydroxyl groups is 1. The van der Waals surface area contributed by atoms with Crippen molar-refractivity contribution < 1.29 is 19.8 Å². The average molecular weight is 278 g/mol. The van der Waals surface area contributed by atoms with E-state index in [1.807, 2.05) is 0 Å². The van der Waals surface area contributed by atoms with E-state index in [0.29, 0.717) is 5.69 Å². The summed E-state index contributed by atoms with van der Waals surface area (Å²) in [5.41, 5.74) is 0.646. The first-order chi connectivity index (χ1) is 9.54. The summed E-state index contributed by atoms with van der Waals surface area (Å²) in [6.45, 7) is 1.76. The molecule has 1 aliphatic rings. The Balaban J connectivity index is 2.22. The molecule has 0 aliphatic heterocycles. The number of amides is 1. The van der Waals surface area contributed by atoms with Gasteiger partial charge >= 0.3 is 5.97 Å². The lowest BCUT2D eigenvalue weighted by atomic mass is 9.91. The van der Waals surface area contributed by atoms with Gasteiger partial charge in [-0.1, -0.05) is 0 Å². The third-order valence-corrected chi connectivity index (χ3v) is 3.65. The second-order valence-electron chi connectivity index (χ2n) is 4.94. The van der Waals surface area contributed by atoms with E-state index in [2.05, 4.69) is 4.98 Å². The molecule has 2 rings (SSSR count). The van der Waals surface area contributed by atoms with Gasteiger partial charge < -0.3 is 15.1 Å². The number of aromatic nitrogens is 1. The van der Waals surface area contributed by atoms with Gasteiger partial charge in [-0.2, -0.15) is 0 Å². The van der Waals surface area contributed by atoms with Gasteiger partial charge in [0, 0.05) is 12.6 Å². The van der Waals surface area contributed by atoms with E-state index in [0.717, 1.165) is 19.3 Å². The maximum atomic E-state index is 12.4. The molecule has 0 unspecified atom stereocenters. The Hall–Kier alpha value is -1.95. The van der Waals surface area contributed by atoms with Crippen LogP contribution < -0.4 is 0 Å². The minimum Gasteiger partial charge on any atom is -0.478 e. The van der Waals surface area contributed by atoms with Crippen molar-refractivity contribution in [2.24, 2.45) is 0 Å². The highest BCUT2D eigenvalue weighted by molar-refractivity contribution is 5.94. The lowest BCUT2D eigenvalue weighted by Gasteiger charge is -2.37. The van der Waals surface area contributed by atoms with Crippen molar-refractivity contribution in [2.75, 3.05) is 13.2 Å². The molecule has 1 heterocycles. The zero-order valence-corrected chi connectivity index (χ0v) is 11.4. The summed E-state index contributed by atoms with van der Waals surface area (Å²) in [5, 5.41) is 18.0. The Labute approximate surface area is 117 Å². The molecule has 0 saturated heterocycles. The van der Waals surface area contributed by atoms with Crippen LogP contribution in [-0.4, -0.2) is 51.2 Å². The van der Waals surface area contributed by atoms with Crippen LogP contribution in [0.3, 0.4) is 0 Å². The number of carbonyl (C=O) groups excluding carboxylic acids is 1. The maximum absolute atomic E-state index is 12.4. The van der Waals surface area contributed by atoms with E-state index in [1.165, 1.54) is 12.1 Å². The summed E-state index contributed by atoms with van der Waals surface area (Å²) >= 11 is 0. The topological polar surface area (TPSA) is 90.7 Å². The highest BCUT2D eigenvalue weighted by Gasteiger charge is 2.29. The summed E-state index contributed by atoms with van der Waals surface area (Å²) < 4.78 is 0. The third kappa shape index (κ3) is 2.80. The van der Waals surface area contributed by atoms with Crippen molar-refractivity contribution in [3.63, 3.8) is 0 Å². The normalized spacial score (nSPS) is 14.7. The van der Waals surface area contributed by atoms with Gasteiger partial charge in [-0.05, 0) is 38.3 Å². The van der Waals surface area contributed by atoms with E-state index < -0.39 is 5.97 Å². The predicted octanol–water partition coefficient (Wildman–Crippen LogP) is 1.08. The molecule has 1 amide bonds. The van der Waals surface area contributed by atoms with Crippen molar-refractivity contribution in [1.82, 2.24) is 9.88 Å². The Bertz CT molecular complexity index is 526. The van der Waals surface area contributed by atoms with Crippen LogP contribution in [0, 0.1) is 6.92 Å². The van der Waals surface area contributed by atoms with E-state index in [9.17, 15) is 9.59 Å². The Morgan fingerprint density at radius 1 is 1.40 bits per heavy atom. The predicted molar refractivity (Wildman–Crippen MR) is 71.7 cm³/mol. The number of aliphatic hydroxyl groups excluding tert-OH is 1. The van der Waals surface area contributed by atoms with Crippen molar-refractivity contribution in [3.05, 3.63) is 29.1 Å². The fourth-order valence-corrected chi connectivity index (χ4v) is 2.31. The van der Waals surface area contributed by atoms with Crippen LogP contribution in [0.15, 0.2) is 12.1 Å². The first-order valence-corrected chi connectivity index (χ1v) is 6.67. The minimum atomic E-state index is -1.06. The number of aryl methyl sites for hydroxylation is 1. The number of carboxylic acid groups (broad SMARTS) is 1. The molecular formula is C14H18N2O4. The number of carbonyl (C=O) groups is 2. The zero-order chi connectivity index (χ0) is 14.7. The van der Waals surface area contributed by atoms with E-state index in [1.54, 1.807) is 11.8 Å². The third-order valence-electron chi connectivity index (χ3n) is 3.65. The van der Waals surface area contributed by atoms with Gasteiger partial charge in [0.05, 0.1) is 17.9 Å². The number of nitrogens with zero attached hydrogens (tertiary/aromatic N) is 2. The van der Waals surface area contributed by atoms with Crippen LogP contribution in [0.25, 0.3) is 0 Å². The summed E-state index contributed by atoms with van der Waals surface area (Å²) in [4.78, 5) is 29.1. The molecule has 0 radical (unpaired) electrons.